The van der Waals surface area contributed by atoms with E-state index in [2.05, 4.69) is 85.3 Å². The van der Waals surface area contributed by atoms with Crippen LogP contribution in [-0.4, -0.2) is 88.1 Å². The highest BCUT2D eigenvalue weighted by Gasteiger charge is 2.35. The maximum absolute atomic E-state index is 14.5. The molecule has 2 amide bonds. The Bertz CT molecular complexity index is 2180. The number of carbonyl (C=O) groups excluding carboxylic acids is 2. The second-order valence-corrected chi connectivity index (χ2v) is 20.4. The van der Waals surface area contributed by atoms with Crippen molar-refractivity contribution in [3.05, 3.63) is 83.0 Å². The Kier molecular flexibility index (Phi) is 19.7. The minimum atomic E-state index is -0.780. The molecule has 8 nitrogen and oxygen atoms in total. The summed E-state index contributed by atoms with van der Waals surface area (Å²) in [7, 11) is 0. The zero-order valence-electron chi connectivity index (χ0n) is 38.3. The molecule has 0 saturated carbocycles. The first-order valence-electron chi connectivity index (χ1n) is 23.3. The van der Waals surface area contributed by atoms with E-state index < -0.39 is 4.87 Å². The van der Waals surface area contributed by atoms with Gasteiger partial charge in [0.25, 0.3) is 10.8 Å². The van der Waals surface area contributed by atoms with E-state index in [1.165, 1.54) is 69.5 Å². The van der Waals surface area contributed by atoms with Crippen LogP contribution >= 0.6 is 35.7 Å². The van der Waals surface area contributed by atoms with Crippen LogP contribution in [0.15, 0.2) is 65.1 Å². The monoisotopic (exact) mass is 896 g/mol. The molecule has 0 radical (unpaired) electrons. The predicted octanol–water partition coefficient (Wildman–Crippen LogP) is 12.2. The van der Waals surface area contributed by atoms with Crippen molar-refractivity contribution in [2.75, 3.05) is 63.0 Å². The van der Waals surface area contributed by atoms with Gasteiger partial charge in [-0.25, -0.2) is 11.1 Å². The molecule has 2 heterocycles. The number of carbonyl (C=O) groups is 2. The number of unbranched alkanes of at least 4 members (excludes halogenated alkanes) is 9. The molecule has 2 aliphatic heterocycles. The first-order valence-corrected chi connectivity index (χ1v) is 25.5. The molecule has 1 aliphatic carbocycles. The summed E-state index contributed by atoms with van der Waals surface area (Å²) in [5.74, 6) is 1.74. The standard InChI is InChI=1S/C51H70N5O3S3/c1-8-13-14-15-16-17-18-19-20-23-36-61-50(60)62-51(6,52-7)31-30-47(57)55-32-34-56(35-33-55)49(58)42-25-22-21-24-41(42)48-43-28-26-39(53(9-2)10-3)37-45(43)59-46-38-40(27-29-44(46)48)54(11-4)12-5/h21-22,24-29,37-38H,8-20,23,30-36H2,1-6H3/q+1. The fourth-order valence-corrected chi connectivity index (χ4v) is 11.5. The van der Waals surface area contributed by atoms with Crippen LogP contribution in [0.4, 0.5) is 5.69 Å². The van der Waals surface area contributed by atoms with Gasteiger partial charge < -0.3 is 19.1 Å². The molecule has 62 heavy (non-hydrogen) atoms. The zero-order chi connectivity index (χ0) is 44.5. The molecule has 0 bridgehead atoms. The number of amides is 2. The Morgan fingerprint density at radius 2 is 1.47 bits per heavy atom. The van der Waals surface area contributed by atoms with Crippen LogP contribution in [0.3, 0.4) is 0 Å². The average molecular weight is 897 g/mol. The molecule has 2 aromatic carbocycles. The van der Waals surface area contributed by atoms with Crippen molar-refractivity contribution in [3.8, 4) is 22.5 Å². The number of rotatable bonds is 22. The van der Waals surface area contributed by atoms with Crippen molar-refractivity contribution in [2.45, 2.75) is 123 Å². The van der Waals surface area contributed by atoms with Crippen LogP contribution in [0.1, 0.15) is 129 Å². The maximum Gasteiger partial charge on any atom is 0.281 e. The zero-order valence-corrected chi connectivity index (χ0v) is 40.8. The summed E-state index contributed by atoms with van der Waals surface area (Å²) in [5, 5.41) is 2.06. The summed E-state index contributed by atoms with van der Waals surface area (Å²) in [4.78, 5) is 37.2. The molecular formula is C51H70N5O3S3+. The van der Waals surface area contributed by atoms with Crippen LogP contribution in [0, 0.1) is 6.57 Å². The van der Waals surface area contributed by atoms with Crippen molar-refractivity contribution in [2.24, 2.45) is 0 Å². The van der Waals surface area contributed by atoms with E-state index in [-0.39, 0.29) is 18.2 Å². The van der Waals surface area contributed by atoms with Crippen molar-refractivity contribution >= 4 is 67.7 Å². The van der Waals surface area contributed by atoms with Gasteiger partial charge in [0.1, 0.15) is 28.0 Å². The van der Waals surface area contributed by atoms with Crippen molar-refractivity contribution in [1.82, 2.24) is 14.4 Å². The van der Waals surface area contributed by atoms with Gasteiger partial charge >= 0.3 is 0 Å². The Morgan fingerprint density at radius 1 is 0.823 bits per heavy atom. The molecule has 1 atom stereocenters. The summed E-state index contributed by atoms with van der Waals surface area (Å²) in [6.07, 6.45) is 13.8. The summed E-state index contributed by atoms with van der Waals surface area (Å²) in [6.45, 7) is 26.1. The minimum absolute atomic E-state index is 0.0241. The number of hydrogen-bond donors (Lipinski definition) is 0. The lowest BCUT2D eigenvalue weighted by molar-refractivity contribution is -0.132. The van der Waals surface area contributed by atoms with Gasteiger partial charge in [-0.05, 0) is 81.5 Å². The average Bonchev–Trinajstić information content (AvgIpc) is 3.29. The predicted molar refractivity (Wildman–Crippen MR) is 269 cm³/mol. The number of thioether (sulfide) groups is 2. The second kappa shape index (κ2) is 24.9. The lowest BCUT2D eigenvalue weighted by atomic mass is 9.90. The first-order chi connectivity index (χ1) is 30.1. The van der Waals surface area contributed by atoms with Crippen LogP contribution in [0.25, 0.3) is 38.3 Å². The van der Waals surface area contributed by atoms with Gasteiger partial charge in [0.15, 0.2) is 0 Å². The summed E-state index contributed by atoms with van der Waals surface area (Å²) in [6, 6.07) is 20.7. The Labute approximate surface area is 386 Å². The highest BCUT2D eigenvalue weighted by molar-refractivity contribution is 8.47. The van der Waals surface area contributed by atoms with Gasteiger partial charge in [0.05, 0.1) is 6.07 Å². The largest absolute Gasteiger partial charge is 0.456 e. The van der Waals surface area contributed by atoms with Gasteiger partial charge in [0, 0.05) is 98.9 Å². The topological polar surface area (TPSA) is 64.4 Å². The normalized spacial score (nSPS) is 13.9. The molecule has 11 heteroatoms. The highest BCUT2D eigenvalue weighted by Crippen LogP contribution is 2.42. The number of hydrogen-bond acceptors (Lipinski definition) is 7. The fraction of sp³-hybridized carbons (Fsp3) is 0.549. The van der Waals surface area contributed by atoms with Crippen molar-refractivity contribution in [1.29, 1.82) is 0 Å². The second-order valence-electron chi connectivity index (χ2n) is 16.6. The molecule has 1 fully saturated rings. The summed E-state index contributed by atoms with van der Waals surface area (Å²) in [5.41, 5.74) is 5.31. The van der Waals surface area contributed by atoms with Crippen molar-refractivity contribution in [3.63, 3.8) is 0 Å². The van der Waals surface area contributed by atoms with E-state index in [1.54, 1.807) is 11.8 Å². The van der Waals surface area contributed by atoms with Crippen LogP contribution in [0.5, 0.6) is 0 Å². The number of nitrogens with zero attached hydrogens (tertiary/aromatic N) is 5. The number of anilines is 1. The Balaban J connectivity index is 1.22. The third kappa shape index (κ3) is 13.1. The van der Waals surface area contributed by atoms with Crippen LogP contribution in [0.2, 0.25) is 0 Å². The molecule has 0 spiro atoms. The Morgan fingerprint density at radius 3 is 2.11 bits per heavy atom. The molecule has 3 aliphatic rings. The van der Waals surface area contributed by atoms with Gasteiger partial charge in [-0.1, -0.05) is 95.1 Å². The smallest absolute Gasteiger partial charge is 0.281 e. The minimum Gasteiger partial charge on any atom is -0.456 e. The fourth-order valence-electron chi connectivity index (χ4n) is 8.53. The lowest BCUT2D eigenvalue weighted by Gasteiger charge is -2.35. The number of benzene rings is 3. The third-order valence-corrected chi connectivity index (χ3v) is 15.2. The van der Waals surface area contributed by atoms with Gasteiger partial charge in [-0.2, -0.15) is 0 Å². The third-order valence-electron chi connectivity index (χ3n) is 12.4. The van der Waals surface area contributed by atoms with Gasteiger partial charge in [-0.15, -0.1) is 11.8 Å². The molecule has 1 unspecified atom stereocenters. The molecule has 334 valence electrons. The van der Waals surface area contributed by atoms with E-state index in [1.807, 2.05) is 41.0 Å². The Hall–Kier alpha value is -3.85. The summed E-state index contributed by atoms with van der Waals surface area (Å²) >= 11 is 8.81. The molecule has 0 aromatic heterocycles. The maximum atomic E-state index is 14.5. The summed E-state index contributed by atoms with van der Waals surface area (Å²) < 4.78 is 9.82. The van der Waals surface area contributed by atoms with E-state index in [9.17, 15) is 9.59 Å². The van der Waals surface area contributed by atoms with E-state index in [0.29, 0.717) is 38.2 Å². The first kappa shape index (κ1) is 49.2. The van der Waals surface area contributed by atoms with Gasteiger partial charge in [-0.3, -0.25) is 14.4 Å². The lowest BCUT2D eigenvalue weighted by Crippen LogP contribution is -2.50. The van der Waals surface area contributed by atoms with E-state index >= 15 is 0 Å². The molecule has 5 rings (SSSR count). The molecule has 0 N–H and O–H groups in total. The van der Waals surface area contributed by atoms with E-state index in [4.69, 9.17) is 23.2 Å². The number of fused-ring (bicyclic) bond motifs is 2. The molecular weight excluding hydrogens is 827 g/mol. The molecule has 2 aromatic rings. The molecule has 1 saturated heterocycles. The highest BCUT2D eigenvalue weighted by atomic mass is 32.2. The quantitative estimate of drug-likeness (QED) is 0.0256. The number of piperazine rings is 1. The van der Waals surface area contributed by atoms with Crippen LogP contribution < -0.4 is 14.8 Å². The van der Waals surface area contributed by atoms with Gasteiger partial charge in [0.2, 0.25) is 11.3 Å². The van der Waals surface area contributed by atoms with Crippen LogP contribution in [-0.2, 0) is 4.79 Å². The SMILES string of the molecule is [C-]#[N+]C(C)(CCC(=O)N1CCN(C(=O)c2ccccc2-c2c3ccc(=[N+](CC)CC)cc-3oc3cc(N(CC)CC)ccc23)CC1)SC(=S)SCCCCCCCCCCCC. The number of thiocarbonyl (C=S) groups is 1. The van der Waals surface area contributed by atoms with E-state index in [0.717, 1.165) is 86.3 Å². The van der Waals surface area contributed by atoms with Crippen molar-refractivity contribution < 1.29 is 14.0 Å².